The lowest BCUT2D eigenvalue weighted by Crippen LogP contribution is -2.13. The van der Waals surface area contributed by atoms with Gasteiger partial charge in [-0.05, 0) is 30.7 Å². The fourth-order valence-electron chi connectivity index (χ4n) is 2.48. The summed E-state index contributed by atoms with van der Waals surface area (Å²) in [7, 11) is 0. The highest BCUT2D eigenvalue weighted by Crippen LogP contribution is 2.25. The van der Waals surface area contributed by atoms with Crippen molar-refractivity contribution >= 4 is 11.0 Å². The number of hydrogen-bond donors (Lipinski definition) is 0. The summed E-state index contributed by atoms with van der Waals surface area (Å²) in [5.74, 6) is 0. The topological polar surface area (TPSA) is 43.6 Å². The third-order valence-corrected chi connectivity index (χ3v) is 3.53. The van der Waals surface area contributed by atoms with E-state index < -0.39 is 0 Å². The summed E-state index contributed by atoms with van der Waals surface area (Å²) in [5.41, 5.74) is 3.06. The summed E-state index contributed by atoms with van der Waals surface area (Å²) in [6.07, 6.45) is 5.18. The number of rotatable bonds is 5. The zero-order valence-corrected chi connectivity index (χ0v) is 11.6. The van der Waals surface area contributed by atoms with Crippen LogP contribution in [0.4, 0.5) is 0 Å². The Morgan fingerprint density at radius 1 is 1.10 bits per heavy atom. The van der Waals surface area contributed by atoms with E-state index in [9.17, 15) is 0 Å². The van der Waals surface area contributed by atoms with Crippen LogP contribution in [0.1, 0.15) is 37.9 Å². The lowest BCUT2D eigenvalue weighted by Gasteiger charge is -2.17. The molecule has 3 rings (SSSR count). The van der Waals surface area contributed by atoms with Gasteiger partial charge in [0.2, 0.25) is 0 Å². The summed E-state index contributed by atoms with van der Waals surface area (Å²) in [6, 6.07) is 14.3. The SMILES string of the molecule is CCCCC(c1ccccn1)n1nnc2ccccc21. The highest BCUT2D eigenvalue weighted by molar-refractivity contribution is 5.74. The molecule has 3 aromatic rings. The zero-order valence-electron chi connectivity index (χ0n) is 11.6. The molecule has 1 atom stereocenters. The Balaban J connectivity index is 2.05. The van der Waals surface area contributed by atoms with Crippen molar-refractivity contribution in [3.63, 3.8) is 0 Å². The Morgan fingerprint density at radius 2 is 1.95 bits per heavy atom. The molecule has 0 amide bonds. The molecule has 0 aliphatic carbocycles. The molecule has 1 aromatic carbocycles. The van der Waals surface area contributed by atoms with E-state index in [0.29, 0.717) is 0 Å². The van der Waals surface area contributed by atoms with Crippen molar-refractivity contribution < 1.29 is 0 Å². The van der Waals surface area contributed by atoms with Gasteiger partial charge in [-0.3, -0.25) is 4.98 Å². The van der Waals surface area contributed by atoms with Gasteiger partial charge in [0.1, 0.15) is 5.52 Å². The molecule has 0 saturated heterocycles. The summed E-state index contributed by atoms with van der Waals surface area (Å²) < 4.78 is 2.01. The van der Waals surface area contributed by atoms with Crippen LogP contribution < -0.4 is 0 Å². The molecule has 102 valence electrons. The van der Waals surface area contributed by atoms with Crippen molar-refractivity contribution in [2.75, 3.05) is 0 Å². The van der Waals surface area contributed by atoms with Crippen molar-refractivity contribution in [1.82, 2.24) is 20.0 Å². The number of aromatic nitrogens is 4. The third kappa shape index (κ3) is 2.41. The maximum Gasteiger partial charge on any atom is 0.113 e. The van der Waals surface area contributed by atoms with Gasteiger partial charge in [-0.15, -0.1) is 5.10 Å². The van der Waals surface area contributed by atoms with Crippen molar-refractivity contribution in [3.05, 3.63) is 54.4 Å². The van der Waals surface area contributed by atoms with Gasteiger partial charge in [-0.2, -0.15) is 0 Å². The van der Waals surface area contributed by atoms with Crippen molar-refractivity contribution in [2.45, 2.75) is 32.2 Å². The molecule has 20 heavy (non-hydrogen) atoms. The summed E-state index contributed by atoms with van der Waals surface area (Å²) in [4.78, 5) is 4.51. The maximum atomic E-state index is 4.51. The van der Waals surface area contributed by atoms with Gasteiger partial charge >= 0.3 is 0 Å². The Kier molecular flexibility index (Phi) is 3.72. The van der Waals surface area contributed by atoms with Crippen LogP contribution in [0.15, 0.2) is 48.7 Å². The molecule has 2 aromatic heterocycles. The first kappa shape index (κ1) is 12.8. The lowest BCUT2D eigenvalue weighted by molar-refractivity contribution is 0.463. The van der Waals surface area contributed by atoms with Crippen molar-refractivity contribution in [1.29, 1.82) is 0 Å². The van der Waals surface area contributed by atoms with E-state index in [1.54, 1.807) is 0 Å². The van der Waals surface area contributed by atoms with Crippen LogP contribution in [-0.2, 0) is 0 Å². The van der Waals surface area contributed by atoms with Crippen LogP contribution in [0.25, 0.3) is 11.0 Å². The molecular weight excluding hydrogens is 248 g/mol. The van der Waals surface area contributed by atoms with Gasteiger partial charge < -0.3 is 0 Å². The number of unbranched alkanes of at least 4 members (excludes halogenated alkanes) is 1. The summed E-state index contributed by atoms with van der Waals surface area (Å²) in [6.45, 7) is 2.20. The highest BCUT2D eigenvalue weighted by Gasteiger charge is 2.18. The monoisotopic (exact) mass is 266 g/mol. The minimum atomic E-state index is 0.156. The van der Waals surface area contributed by atoms with E-state index in [2.05, 4.69) is 34.4 Å². The van der Waals surface area contributed by atoms with E-state index in [1.807, 2.05) is 41.2 Å². The van der Waals surface area contributed by atoms with Gasteiger partial charge in [0.25, 0.3) is 0 Å². The number of para-hydroxylation sites is 1. The second-order valence-corrected chi connectivity index (χ2v) is 4.94. The standard InChI is InChI=1S/C16H18N4/c1-2-3-10-15(13-8-6-7-12-17-13)20-16-11-5-4-9-14(16)18-19-20/h4-9,11-12,15H,2-3,10H2,1H3. The van der Waals surface area contributed by atoms with Crippen LogP contribution in [0, 0.1) is 0 Å². The number of hydrogen-bond acceptors (Lipinski definition) is 3. The Morgan fingerprint density at radius 3 is 2.75 bits per heavy atom. The molecule has 0 aliphatic heterocycles. The van der Waals surface area contributed by atoms with Crippen molar-refractivity contribution in [3.8, 4) is 0 Å². The molecule has 4 nitrogen and oxygen atoms in total. The molecular formula is C16H18N4. The Bertz CT molecular complexity index is 675. The molecule has 0 bridgehead atoms. The quantitative estimate of drug-likeness (QED) is 0.708. The molecule has 4 heteroatoms. The number of benzene rings is 1. The first-order valence-corrected chi connectivity index (χ1v) is 7.11. The predicted octanol–water partition coefficient (Wildman–Crippen LogP) is 3.61. The number of fused-ring (bicyclic) bond motifs is 1. The minimum Gasteiger partial charge on any atom is -0.259 e. The molecule has 0 N–H and O–H groups in total. The van der Waals surface area contributed by atoms with Crippen LogP contribution in [0.5, 0.6) is 0 Å². The molecule has 0 aliphatic rings. The van der Waals surface area contributed by atoms with E-state index in [0.717, 1.165) is 36.0 Å². The van der Waals surface area contributed by atoms with E-state index in [-0.39, 0.29) is 6.04 Å². The van der Waals surface area contributed by atoms with E-state index in [1.165, 1.54) is 0 Å². The fraction of sp³-hybridized carbons (Fsp3) is 0.312. The Hall–Kier alpha value is -2.23. The molecule has 0 saturated carbocycles. The van der Waals surface area contributed by atoms with E-state index in [4.69, 9.17) is 0 Å². The molecule has 1 unspecified atom stereocenters. The average molecular weight is 266 g/mol. The minimum absolute atomic E-state index is 0.156. The van der Waals surface area contributed by atoms with E-state index >= 15 is 0 Å². The van der Waals surface area contributed by atoms with Gasteiger partial charge in [0.05, 0.1) is 17.3 Å². The molecule has 2 heterocycles. The number of pyridine rings is 1. The van der Waals surface area contributed by atoms with Gasteiger partial charge in [0.15, 0.2) is 0 Å². The normalized spacial score (nSPS) is 12.7. The maximum absolute atomic E-state index is 4.51. The first-order valence-electron chi connectivity index (χ1n) is 7.11. The summed E-state index contributed by atoms with van der Waals surface area (Å²) >= 11 is 0. The second-order valence-electron chi connectivity index (χ2n) is 4.94. The smallest absolute Gasteiger partial charge is 0.113 e. The van der Waals surface area contributed by atoms with Crippen molar-refractivity contribution in [2.24, 2.45) is 0 Å². The number of nitrogens with zero attached hydrogens (tertiary/aromatic N) is 4. The third-order valence-electron chi connectivity index (χ3n) is 3.53. The fourth-order valence-corrected chi connectivity index (χ4v) is 2.48. The van der Waals surface area contributed by atoms with Gasteiger partial charge in [-0.25, -0.2) is 4.68 Å². The second kappa shape index (κ2) is 5.82. The highest BCUT2D eigenvalue weighted by atomic mass is 15.4. The summed E-state index contributed by atoms with van der Waals surface area (Å²) in [5, 5.41) is 8.61. The Labute approximate surface area is 118 Å². The van der Waals surface area contributed by atoms with Crippen LogP contribution in [0.3, 0.4) is 0 Å². The molecule has 0 fully saturated rings. The first-order chi connectivity index (χ1) is 9.90. The van der Waals surface area contributed by atoms with Gasteiger partial charge in [-0.1, -0.05) is 43.2 Å². The zero-order chi connectivity index (χ0) is 13.8. The largest absolute Gasteiger partial charge is 0.259 e. The molecule has 0 radical (unpaired) electrons. The van der Waals surface area contributed by atoms with Crippen LogP contribution in [0.2, 0.25) is 0 Å². The molecule has 0 spiro atoms. The van der Waals surface area contributed by atoms with Gasteiger partial charge in [0, 0.05) is 6.20 Å². The predicted molar refractivity (Wildman–Crippen MR) is 79.4 cm³/mol. The lowest BCUT2D eigenvalue weighted by atomic mass is 10.1. The van der Waals surface area contributed by atoms with Crippen LogP contribution >= 0.6 is 0 Å². The average Bonchev–Trinajstić information content (AvgIpc) is 2.93. The van der Waals surface area contributed by atoms with Crippen LogP contribution in [-0.4, -0.2) is 20.0 Å².